The van der Waals surface area contributed by atoms with Crippen LogP contribution in [0.25, 0.3) is 0 Å². The van der Waals surface area contributed by atoms with Gasteiger partial charge in [0.1, 0.15) is 6.54 Å². The van der Waals surface area contributed by atoms with Gasteiger partial charge in [-0.25, -0.2) is 14.3 Å². The molecule has 11 heteroatoms. The molecule has 0 aliphatic heterocycles. The summed E-state index contributed by atoms with van der Waals surface area (Å²) in [5, 5.41) is 17.7. The first-order chi connectivity index (χ1) is 9.19. The number of nitrogens with one attached hydrogen (secondary N) is 1. The number of nitrogens with zero attached hydrogens (tertiary/aromatic N) is 4. The highest BCUT2D eigenvalue weighted by molar-refractivity contribution is 5.84. The fourth-order valence-electron chi connectivity index (χ4n) is 1.26. The first kappa shape index (κ1) is 15.7. The van der Waals surface area contributed by atoms with Gasteiger partial charge in [0.2, 0.25) is 0 Å². The van der Waals surface area contributed by atoms with Crippen LogP contribution in [0.3, 0.4) is 0 Å². The van der Waals surface area contributed by atoms with Crippen LogP contribution in [0.5, 0.6) is 0 Å². The zero-order valence-corrected chi connectivity index (χ0v) is 10.4. The molecule has 0 atom stereocenters. The molecule has 0 unspecified atom stereocenters. The van der Waals surface area contributed by atoms with Gasteiger partial charge in [-0.3, -0.25) is 0 Å². The molecule has 0 bridgehead atoms. The van der Waals surface area contributed by atoms with Crippen LogP contribution < -0.4 is 5.32 Å². The number of hydrogen-bond acceptors (Lipinski definition) is 4. The molecule has 20 heavy (non-hydrogen) atoms. The van der Waals surface area contributed by atoms with Gasteiger partial charge in [0.15, 0.2) is 5.69 Å². The number of rotatable bonds is 5. The molecule has 0 aromatic carbocycles. The lowest BCUT2D eigenvalue weighted by Crippen LogP contribution is -2.43. The van der Waals surface area contributed by atoms with Crippen LogP contribution in [-0.2, 0) is 6.54 Å². The third-order valence-corrected chi connectivity index (χ3v) is 2.14. The van der Waals surface area contributed by atoms with Crippen molar-refractivity contribution < 1.29 is 27.9 Å². The molecule has 112 valence electrons. The SMILES string of the molecule is CN(CC(F)(F)F)C(=O)NCCn1cc(C(=O)O)nn1. The van der Waals surface area contributed by atoms with E-state index in [4.69, 9.17) is 5.11 Å². The van der Waals surface area contributed by atoms with Crippen molar-refractivity contribution in [3.63, 3.8) is 0 Å². The molecule has 0 radical (unpaired) electrons. The summed E-state index contributed by atoms with van der Waals surface area (Å²) in [5.41, 5.74) is -0.259. The van der Waals surface area contributed by atoms with Gasteiger partial charge in [-0.05, 0) is 0 Å². The fourth-order valence-corrected chi connectivity index (χ4v) is 1.26. The van der Waals surface area contributed by atoms with Crippen molar-refractivity contribution in [2.24, 2.45) is 0 Å². The van der Waals surface area contributed by atoms with Gasteiger partial charge in [0, 0.05) is 13.6 Å². The van der Waals surface area contributed by atoms with Crippen LogP contribution in [0.15, 0.2) is 6.20 Å². The average molecular weight is 295 g/mol. The van der Waals surface area contributed by atoms with Gasteiger partial charge >= 0.3 is 18.2 Å². The topological polar surface area (TPSA) is 100 Å². The Morgan fingerprint density at radius 3 is 2.65 bits per heavy atom. The Labute approximate surface area is 111 Å². The normalized spacial score (nSPS) is 11.2. The Bertz CT molecular complexity index is 487. The number of aromatic nitrogens is 3. The molecule has 1 heterocycles. The Hall–Kier alpha value is -2.33. The van der Waals surface area contributed by atoms with Crippen LogP contribution in [0.4, 0.5) is 18.0 Å². The predicted octanol–water partition coefficient (Wildman–Crippen LogP) is 0.180. The highest BCUT2D eigenvalue weighted by Gasteiger charge is 2.31. The molecule has 0 aliphatic carbocycles. The zero-order chi connectivity index (χ0) is 15.3. The third-order valence-electron chi connectivity index (χ3n) is 2.14. The van der Waals surface area contributed by atoms with Crippen molar-refractivity contribution in [3.8, 4) is 0 Å². The summed E-state index contributed by atoms with van der Waals surface area (Å²) in [5.74, 6) is -1.25. The summed E-state index contributed by atoms with van der Waals surface area (Å²) < 4.78 is 37.3. The highest BCUT2D eigenvalue weighted by atomic mass is 19.4. The lowest BCUT2D eigenvalue weighted by atomic mass is 10.5. The summed E-state index contributed by atoms with van der Waals surface area (Å²) in [4.78, 5) is 22.3. The monoisotopic (exact) mass is 295 g/mol. The largest absolute Gasteiger partial charge is 0.476 e. The van der Waals surface area contributed by atoms with Crippen molar-refractivity contribution in [2.45, 2.75) is 12.7 Å². The third kappa shape index (κ3) is 5.12. The molecule has 1 aromatic heterocycles. The standard InChI is InChI=1S/C9H12F3N5O3/c1-16(5-9(10,11)12)8(20)13-2-3-17-4-6(7(18)19)14-15-17/h4H,2-3,5H2,1H3,(H,13,20)(H,18,19). The van der Waals surface area contributed by atoms with E-state index in [9.17, 15) is 22.8 Å². The Kier molecular flexibility index (Phi) is 4.88. The average Bonchev–Trinajstić information content (AvgIpc) is 2.75. The molecular formula is C9H12F3N5O3. The molecule has 0 fully saturated rings. The van der Waals surface area contributed by atoms with Crippen LogP contribution >= 0.6 is 0 Å². The number of carboxylic acids is 1. The highest BCUT2D eigenvalue weighted by Crippen LogP contribution is 2.15. The second kappa shape index (κ2) is 6.21. The van der Waals surface area contributed by atoms with Gasteiger partial charge in [-0.1, -0.05) is 5.21 Å². The number of amides is 2. The quantitative estimate of drug-likeness (QED) is 0.807. The van der Waals surface area contributed by atoms with Gasteiger partial charge < -0.3 is 15.3 Å². The minimum atomic E-state index is -4.46. The molecule has 1 aromatic rings. The second-order valence-electron chi connectivity index (χ2n) is 3.88. The van der Waals surface area contributed by atoms with E-state index in [-0.39, 0.29) is 18.8 Å². The summed E-state index contributed by atoms with van der Waals surface area (Å²) in [6.07, 6.45) is -3.32. The number of urea groups is 1. The van der Waals surface area contributed by atoms with E-state index in [1.165, 1.54) is 0 Å². The van der Waals surface area contributed by atoms with E-state index in [2.05, 4.69) is 15.6 Å². The van der Waals surface area contributed by atoms with Crippen molar-refractivity contribution in [2.75, 3.05) is 20.1 Å². The molecule has 0 aliphatic rings. The first-order valence-electron chi connectivity index (χ1n) is 5.38. The molecular weight excluding hydrogens is 283 g/mol. The molecule has 0 saturated carbocycles. The molecule has 2 N–H and O–H groups in total. The lowest BCUT2D eigenvalue weighted by molar-refractivity contribution is -0.137. The minimum absolute atomic E-state index is 0.0105. The van der Waals surface area contributed by atoms with E-state index >= 15 is 0 Å². The summed E-state index contributed by atoms with van der Waals surface area (Å²) >= 11 is 0. The Balaban J connectivity index is 2.36. The van der Waals surface area contributed by atoms with E-state index in [1.54, 1.807) is 0 Å². The Morgan fingerprint density at radius 2 is 2.15 bits per heavy atom. The van der Waals surface area contributed by atoms with Gasteiger partial charge in [-0.2, -0.15) is 13.2 Å². The second-order valence-corrected chi connectivity index (χ2v) is 3.88. The van der Waals surface area contributed by atoms with E-state index in [1.807, 2.05) is 0 Å². The number of carbonyl (C=O) groups excluding carboxylic acids is 1. The number of aromatic carboxylic acids is 1. The van der Waals surface area contributed by atoms with Gasteiger partial charge in [0.25, 0.3) is 0 Å². The van der Waals surface area contributed by atoms with Crippen LogP contribution in [-0.4, -0.2) is 63.3 Å². The number of halogens is 3. The Morgan fingerprint density at radius 1 is 1.50 bits per heavy atom. The summed E-state index contributed by atoms with van der Waals surface area (Å²) in [6, 6.07) is -0.888. The van der Waals surface area contributed by atoms with E-state index in [0.29, 0.717) is 4.90 Å². The summed E-state index contributed by atoms with van der Waals surface area (Å²) in [6.45, 7) is -1.28. The van der Waals surface area contributed by atoms with Crippen molar-refractivity contribution in [3.05, 3.63) is 11.9 Å². The van der Waals surface area contributed by atoms with Gasteiger partial charge in [-0.15, -0.1) is 5.10 Å². The maximum atomic E-state index is 12.0. The maximum absolute atomic E-state index is 12.0. The lowest BCUT2D eigenvalue weighted by Gasteiger charge is -2.19. The smallest absolute Gasteiger partial charge is 0.406 e. The fraction of sp³-hybridized carbons (Fsp3) is 0.556. The van der Waals surface area contributed by atoms with E-state index < -0.39 is 24.7 Å². The van der Waals surface area contributed by atoms with Crippen molar-refractivity contribution in [1.82, 2.24) is 25.2 Å². The van der Waals surface area contributed by atoms with E-state index in [0.717, 1.165) is 17.9 Å². The number of alkyl halides is 3. The van der Waals surface area contributed by atoms with Crippen LogP contribution in [0, 0.1) is 0 Å². The molecule has 0 saturated heterocycles. The van der Waals surface area contributed by atoms with Crippen LogP contribution in [0.2, 0.25) is 0 Å². The van der Waals surface area contributed by atoms with Crippen molar-refractivity contribution >= 4 is 12.0 Å². The van der Waals surface area contributed by atoms with Crippen molar-refractivity contribution in [1.29, 1.82) is 0 Å². The minimum Gasteiger partial charge on any atom is -0.476 e. The number of hydrogen-bond donors (Lipinski definition) is 2. The first-order valence-corrected chi connectivity index (χ1v) is 5.38. The molecule has 2 amide bonds. The van der Waals surface area contributed by atoms with Gasteiger partial charge in [0.05, 0.1) is 12.7 Å². The maximum Gasteiger partial charge on any atom is 0.406 e. The predicted molar refractivity (Wildman–Crippen MR) is 59.1 cm³/mol. The number of carbonyl (C=O) groups is 2. The summed E-state index contributed by atoms with van der Waals surface area (Å²) in [7, 11) is 1.01. The van der Waals surface area contributed by atoms with Crippen LogP contribution in [0.1, 0.15) is 10.5 Å². The zero-order valence-electron chi connectivity index (χ0n) is 10.4. The number of carboxylic acid groups (broad SMARTS) is 1. The molecule has 1 rings (SSSR count). The molecule has 8 nitrogen and oxygen atoms in total. The molecule has 0 spiro atoms.